The molecule has 21 heavy (non-hydrogen) atoms. The Morgan fingerprint density at radius 2 is 2.19 bits per heavy atom. The van der Waals surface area contributed by atoms with Gasteiger partial charge in [-0.2, -0.15) is 4.31 Å². The molecule has 2 rings (SSSR count). The zero-order chi connectivity index (χ0) is 15.5. The van der Waals surface area contributed by atoms with Crippen molar-refractivity contribution in [3.63, 3.8) is 0 Å². The number of anilines is 1. The molecule has 0 aliphatic rings. The van der Waals surface area contributed by atoms with Crippen LogP contribution in [0.2, 0.25) is 0 Å². The summed E-state index contributed by atoms with van der Waals surface area (Å²) < 4.78 is 27.4. The summed E-state index contributed by atoms with van der Waals surface area (Å²) in [5, 5.41) is 4.95. The third-order valence-electron chi connectivity index (χ3n) is 2.80. The highest BCUT2D eigenvalue weighted by Gasteiger charge is 2.22. The fourth-order valence-corrected chi connectivity index (χ4v) is 4.52. The predicted octanol–water partition coefficient (Wildman–Crippen LogP) is 3.16. The van der Waals surface area contributed by atoms with Crippen molar-refractivity contribution in [3.05, 3.63) is 39.1 Å². The molecule has 0 aromatic carbocycles. The van der Waals surface area contributed by atoms with Crippen molar-refractivity contribution in [3.8, 4) is 0 Å². The molecule has 2 aromatic rings. The standard InChI is InChI=1S/C13H16BrN3O2S2/c1-3-15-13-7-12(4-5-16-13)21(18,19)17(2)8-11-6-10(14)9-20-11/h4-7,9H,3,8H2,1-2H3,(H,15,16). The second-order valence-corrected chi connectivity index (χ2v) is 8.36. The van der Waals surface area contributed by atoms with Crippen LogP contribution in [-0.4, -0.2) is 31.3 Å². The highest BCUT2D eigenvalue weighted by atomic mass is 79.9. The lowest BCUT2D eigenvalue weighted by atomic mass is 10.4. The number of hydrogen-bond acceptors (Lipinski definition) is 5. The minimum absolute atomic E-state index is 0.242. The molecule has 2 aromatic heterocycles. The van der Waals surface area contributed by atoms with Crippen molar-refractivity contribution in [1.82, 2.24) is 9.29 Å². The molecule has 0 amide bonds. The number of nitrogens with one attached hydrogen (secondary N) is 1. The number of nitrogens with zero attached hydrogens (tertiary/aromatic N) is 2. The maximum absolute atomic E-state index is 12.6. The fraction of sp³-hybridized carbons (Fsp3) is 0.308. The van der Waals surface area contributed by atoms with Gasteiger partial charge in [0.1, 0.15) is 5.82 Å². The molecule has 5 nitrogen and oxygen atoms in total. The molecule has 0 saturated carbocycles. The zero-order valence-electron chi connectivity index (χ0n) is 11.7. The van der Waals surface area contributed by atoms with Gasteiger partial charge >= 0.3 is 0 Å². The van der Waals surface area contributed by atoms with E-state index >= 15 is 0 Å². The first-order valence-corrected chi connectivity index (χ1v) is 9.44. The number of sulfonamides is 1. The van der Waals surface area contributed by atoms with Gasteiger partial charge in [-0.15, -0.1) is 11.3 Å². The number of halogens is 1. The normalized spacial score (nSPS) is 11.8. The van der Waals surface area contributed by atoms with Gasteiger partial charge in [0.15, 0.2) is 0 Å². The topological polar surface area (TPSA) is 62.3 Å². The van der Waals surface area contributed by atoms with Gasteiger partial charge in [-0.25, -0.2) is 13.4 Å². The smallest absolute Gasteiger partial charge is 0.243 e. The van der Waals surface area contributed by atoms with E-state index in [1.807, 2.05) is 18.4 Å². The van der Waals surface area contributed by atoms with Crippen molar-refractivity contribution >= 4 is 43.1 Å². The molecule has 0 unspecified atom stereocenters. The second-order valence-electron chi connectivity index (χ2n) is 4.40. The highest BCUT2D eigenvalue weighted by molar-refractivity contribution is 9.10. The Bertz CT molecular complexity index is 716. The maximum atomic E-state index is 12.6. The van der Waals surface area contributed by atoms with Crippen LogP contribution in [0.1, 0.15) is 11.8 Å². The van der Waals surface area contributed by atoms with E-state index in [2.05, 4.69) is 26.2 Å². The summed E-state index contributed by atoms with van der Waals surface area (Å²) in [6, 6.07) is 4.99. The molecule has 1 N–H and O–H groups in total. The number of aromatic nitrogens is 1. The van der Waals surface area contributed by atoms with Gasteiger partial charge in [-0.3, -0.25) is 0 Å². The van der Waals surface area contributed by atoms with Crippen molar-refractivity contribution in [2.24, 2.45) is 0 Å². The molecule has 0 aliphatic heterocycles. The Labute approximate surface area is 137 Å². The number of rotatable bonds is 6. The maximum Gasteiger partial charge on any atom is 0.243 e. The molecule has 2 heterocycles. The fourth-order valence-electron chi connectivity index (χ4n) is 1.77. The summed E-state index contributed by atoms with van der Waals surface area (Å²) in [4.78, 5) is 5.31. The summed E-state index contributed by atoms with van der Waals surface area (Å²) in [5.41, 5.74) is 0. The molecule has 0 fully saturated rings. The van der Waals surface area contributed by atoms with Crippen LogP contribution in [0.5, 0.6) is 0 Å². The number of pyridine rings is 1. The third-order valence-corrected chi connectivity index (χ3v) is 6.28. The van der Waals surface area contributed by atoms with E-state index in [1.165, 1.54) is 27.9 Å². The van der Waals surface area contributed by atoms with Gasteiger partial charge < -0.3 is 5.32 Å². The molecule has 0 aliphatic carbocycles. The molecule has 0 saturated heterocycles. The summed E-state index contributed by atoms with van der Waals surface area (Å²) in [7, 11) is -1.94. The predicted molar refractivity (Wildman–Crippen MR) is 89.1 cm³/mol. The van der Waals surface area contributed by atoms with Gasteiger partial charge in [0.05, 0.1) is 4.90 Å². The van der Waals surface area contributed by atoms with Crippen LogP contribution in [-0.2, 0) is 16.6 Å². The van der Waals surface area contributed by atoms with E-state index in [9.17, 15) is 8.42 Å². The first-order valence-electron chi connectivity index (χ1n) is 6.32. The van der Waals surface area contributed by atoms with E-state index in [-0.39, 0.29) is 4.90 Å². The number of hydrogen-bond donors (Lipinski definition) is 1. The minimum Gasteiger partial charge on any atom is -0.370 e. The molecule has 0 atom stereocenters. The van der Waals surface area contributed by atoms with Crippen LogP contribution in [0.3, 0.4) is 0 Å². The van der Waals surface area contributed by atoms with Crippen molar-refractivity contribution < 1.29 is 8.42 Å². The van der Waals surface area contributed by atoms with Crippen molar-refractivity contribution in [2.75, 3.05) is 18.9 Å². The Morgan fingerprint density at radius 1 is 1.43 bits per heavy atom. The molecular formula is C13H16BrN3O2S2. The van der Waals surface area contributed by atoms with Crippen molar-refractivity contribution in [2.45, 2.75) is 18.4 Å². The Morgan fingerprint density at radius 3 is 2.81 bits per heavy atom. The monoisotopic (exact) mass is 389 g/mol. The summed E-state index contributed by atoms with van der Waals surface area (Å²) in [6.07, 6.45) is 1.50. The Hall–Kier alpha value is -0.960. The summed E-state index contributed by atoms with van der Waals surface area (Å²) in [6.45, 7) is 2.97. The zero-order valence-corrected chi connectivity index (χ0v) is 14.9. The summed E-state index contributed by atoms with van der Waals surface area (Å²) >= 11 is 4.89. The van der Waals surface area contributed by atoms with Gasteiger partial charge in [0.2, 0.25) is 10.0 Å². The number of thiophene rings is 1. The van der Waals surface area contributed by atoms with Gasteiger partial charge in [0.25, 0.3) is 0 Å². The van der Waals surface area contributed by atoms with Crippen LogP contribution < -0.4 is 5.32 Å². The van der Waals surface area contributed by atoms with Crippen LogP contribution in [0.15, 0.2) is 39.1 Å². The lowest BCUT2D eigenvalue weighted by molar-refractivity contribution is 0.469. The van der Waals surface area contributed by atoms with Crippen LogP contribution in [0.25, 0.3) is 0 Å². The quantitative estimate of drug-likeness (QED) is 0.823. The third kappa shape index (κ3) is 4.03. The summed E-state index contributed by atoms with van der Waals surface area (Å²) in [5.74, 6) is 0.561. The van der Waals surface area contributed by atoms with Crippen LogP contribution in [0, 0.1) is 0 Å². The first-order chi connectivity index (χ1) is 9.93. The molecule has 114 valence electrons. The van der Waals surface area contributed by atoms with Gasteiger partial charge in [-0.1, -0.05) is 0 Å². The Kier molecular flexibility index (Phi) is 5.37. The van der Waals surface area contributed by atoms with Gasteiger partial charge in [0, 0.05) is 47.1 Å². The molecule has 0 bridgehead atoms. The first kappa shape index (κ1) is 16.4. The second kappa shape index (κ2) is 6.87. The minimum atomic E-state index is -3.52. The van der Waals surface area contributed by atoms with Gasteiger partial charge in [-0.05, 0) is 35.0 Å². The lowest BCUT2D eigenvalue weighted by Gasteiger charge is -2.16. The molecular weight excluding hydrogens is 374 g/mol. The van der Waals surface area contributed by atoms with Crippen LogP contribution in [0.4, 0.5) is 5.82 Å². The van der Waals surface area contributed by atoms with Crippen molar-refractivity contribution in [1.29, 1.82) is 0 Å². The van der Waals surface area contributed by atoms with Crippen LogP contribution >= 0.6 is 27.3 Å². The average Bonchev–Trinajstić information content (AvgIpc) is 2.85. The highest BCUT2D eigenvalue weighted by Crippen LogP contribution is 2.24. The molecule has 8 heteroatoms. The largest absolute Gasteiger partial charge is 0.370 e. The lowest BCUT2D eigenvalue weighted by Crippen LogP contribution is -2.26. The van der Waals surface area contributed by atoms with E-state index < -0.39 is 10.0 Å². The molecule has 0 spiro atoms. The Balaban J connectivity index is 2.22. The average molecular weight is 390 g/mol. The van der Waals surface area contributed by atoms with E-state index in [4.69, 9.17) is 0 Å². The van der Waals surface area contributed by atoms with E-state index in [1.54, 1.807) is 13.1 Å². The SMILES string of the molecule is CCNc1cc(S(=O)(=O)N(C)Cc2cc(Br)cs2)ccn1. The van der Waals surface area contributed by atoms with E-state index in [0.717, 1.165) is 9.35 Å². The van der Waals surface area contributed by atoms with E-state index in [0.29, 0.717) is 18.9 Å². The molecule has 0 radical (unpaired) electrons.